The number of anilines is 1. The van der Waals surface area contributed by atoms with Crippen molar-refractivity contribution < 1.29 is 22.1 Å². The molecule has 0 aromatic heterocycles. The zero-order chi connectivity index (χ0) is 16.7. The number of aromatic hydroxyl groups is 1. The molecule has 0 amide bonds. The van der Waals surface area contributed by atoms with Gasteiger partial charge in [-0.2, -0.15) is 0 Å². The normalized spacial score (nSPS) is 10.3. The summed E-state index contributed by atoms with van der Waals surface area (Å²) in [6.07, 6.45) is 0. The van der Waals surface area contributed by atoms with Crippen LogP contribution in [0.15, 0.2) is 36.4 Å². The molecule has 6 heteroatoms. The molecule has 0 radical (unpaired) electrons. The average Bonchev–Trinajstić information content (AvgIpc) is 2.46. The summed E-state index contributed by atoms with van der Waals surface area (Å²) in [5.74, 6) is 0.425. The van der Waals surface area contributed by atoms with Crippen LogP contribution >= 0.6 is 27.2 Å². The molecule has 1 N–H and O–H groups in total. The molecule has 22 heavy (non-hydrogen) atoms. The SMILES string of the molecule is Cc1cccc(Pc2c(C)cccc2N(C)C)c1O.[Cl][Ti][Cl]. The molecular weight excluding hydrogens is 372 g/mol. The summed E-state index contributed by atoms with van der Waals surface area (Å²) in [4.78, 5) is 2.13. The van der Waals surface area contributed by atoms with Gasteiger partial charge in [0.15, 0.2) is 0 Å². The Balaban J connectivity index is 0.000000745. The van der Waals surface area contributed by atoms with Crippen LogP contribution in [0.2, 0.25) is 0 Å². The van der Waals surface area contributed by atoms with Crippen LogP contribution in [0.1, 0.15) is 11.1 Å². The van der Waals surface area contributed by atoms with Crippen LogP contribution in [-0.4, -0.2) is 19.2 Å². The molecular formula is C16H20Cl2NOPTi. The first-order chi connectivity index (χ1) is 10.4. The molecule has 2 aromatic carbocycles. The van der Waals surface area contributed by atoms with E-state index < -0.39 is 17.0 Å². The van der Waals surface area contributed by atoms with Gasteiger partial charge in [-0.05, 0) is 31.0 Å². The van der Waals surface area contributed by atoms with Crippen molar-refractivity contribution >= 4 is 43.5 Å². The third kappa shape index (κ3) is 5.44. The van der Waals surface area contributed by atoms with Gasteiger partial charge in [-0.3, -0.25) is 0 Å². The second-order valence-electron chi connectivity index (χ2n) is 5.03. The quantitative estimate of drug-likeness (QED) is 0.629. The van der Waals surface area contributed by atoms with Crippen LogP contribution in [0.4, 0.5) is 5.69 Å². The van der Waals surface area contributed by atoms with Gasteiger partial charge < -0.3 is 10.0 Å². The van der Waals surface area contributed by atoms with Crippen molar-refractivity contribution in [3.8, 4) is 5.75 Å². The van der Waals surface area contributed by atoms with Crippen LogP contribution in [0.5, 0.6) is 5.75 Å². The van der Waals surface area contributed by atoms with Crippen molar-refractivity contribution in [1.29, 1.82) is 0 Å². The Morgan fingerprint density at radius 2 is 1.55 bits per heavy atom. The summed E-state index contributed by atoms with van der Waals surface area (Å²) in [6, 6.07) is 12.3. The van der Waals surface area contributed by atoms with Gasteiger partial charge in [-0.25, -0.2) is 0 Å². The van der Waals surface area contributed by atoms with E-state index in [1.54, 1.807) is 0 Å². The Morgan fingerprint density at radius 3 is 2.14 bits per heavy atom. The summed E-state index contributed by atoms with van der Waals surface area (Å²) in [7, 11) is 14.4. The molecule has 0 saturated heterocycles. The Bertz CT molecular complexity index is 623. The van der Waals surface area contributed by atoms with Crippen molar-refractivity contribution in [2.45, 2.75) is 13.8 Å². The third-order valence-corrected chi connectivity index (χ3v) is 4.80. The molecule has 0 fully saturated rings. The second kappa shape index (κ2) is 9.80. The molecule has 2 aromatic rings. The Labute approximate surface area is 151 Å². The van der Waals surface area contributed by atoms with Gasteiger partial charge in [-0.1, -0.05) is 38.9 Å². The maximum absolute atomic E-state index is 10.2. The summed E-state index contributed by atoms with van der Waals surface area (Å²) < 4.78 is 0. The van der Waals surface area contributed by atoms with Gasteiger partial charge in [0.25, 0.3) is 0 Å². The summed E-state index contributed by atoms with van der Waals surface area (Å²) >= 11 is -0.556. The summed E-state index contributed by atoms with van der Waals surface area (Å²) in [5, 5.41) is 12.5. The number of benzene rings is 2. The molecule has 0 aliphatic carbocycles. The first-order valence-electron chi connectivity index (χ1n) is 6.71. The minimum atomic E-state index is -0.556. The van der Waals surface area contributed by atoms with E-state index in [2.05, 4.69) is 44.1 Å². The molecule has 0 aliphatic rings. The first kappa shape index (κ1) is 19.8. The molecule has 1 atom stereocenters. The summed E-state index contributed by atoms with van der Waals surface area (Å²) in [5.41, 5.74) is 3.43. The number of aryl methyl sites for hydroxylation is 2. The van der Waals surface area contributed by atoms with Gasteiger partial charge in [0.1, 0.15) is 5.75 Å². The van der Waals surface area contributed by atoms with Crippen molar-refractivity contribution in [1.82, 2.24) is 0 Å². The number of halogens is 2. The predicted octanol–water partition coefficient (Wildman–Crippen LogP) is 4.08. The minimum absolute atomic E-state index is 0.425. The Morgan fingerprint density at radius 1 is 1.00 bits per heavy atom. The van der Waals surface area contributed by atoms with Crippen LogP contribution in [-0.2, 0) is 17.0 Å². The predicted molar refractivity (Wildman–Crippen MR) is 97.6 cm³/mol. The first-order valence-corrected chi connectivity index (χ1v) is 12.0. The monoisotopic (exact) mass is 391 g/mol. The maximum atomic E-state index is 10.2. The molecule has 0 spiro atoms. The van der Waals surface area contributed by atoms with Gasteiger partial charge in [0.05, 0.1) is 0 Å². The molecule has 0 aliphatic heterocycles. The van der Waals surface area contributed by atoms with Gasteiger partial charge in [0, 0.05) is 30.4 Å². The topological polar surface area (TPSA) is 23.5 Å². The Hall–Kier alpha value is -0.236. The fourth-order valence-corrected chi connectivity index (χ4v) is 3.56. The average molecular weight is 392 g/mol. The van der Waals surface area contributed by atoms with Crippen molar-refractivity contribution in [3.63, 3.8) is 0 Å². The molecule has 0 bridgehead atoms. The van der Waals surface area contributed by atoms with E-state index in [1.165, 1.54) is 16.6 Å². The molecule has 0 saturated carbocycles. The van der Waals surface area contributed by atoms with E-state index in [9.17, 15) is 5.11 Å². The zero-order valence-electron chi connectivity index (χ0n) is 13.1. The number of nitrogens with zero attached hydrogens (tertiary/aromatic N) is 1. The molecule has 118 valence electrons. The molecule has 0 heterocycles. The number of hydrogen-bond acceptors (Lipinski definition) is 2. The number of para-hydroxylation sites is 1. The number of phenolic OH excluding ortho intramolecular Hbond substituents is 1. The van der Waals surface area contributed by atoms with Crippen LogP contribution in [0, 0.1) is 13.8 Å². The molecule has 2 nitrogen and oxygen atoms in total. The van der Waals surface area contributed by atoms with Crippen molar-refractivity contribution in [3.05, 3.63) is 47.5 Å². The second-order valence-corrected chi connectivity index (χ2v) is 8.90. The molecule has 2 rings (SSSR count). The van der Waals surface area contributed by atoms with Gasteiger partial charge in [0.2, 0.25) is 0 Å². The fourth-order valence-electron chi connectivity index (χ4n) is 2.08. The number of rotatable bonds is 3. The van der Waals surface area contributed by atoms with Gasteiger partial charge in [-0.15, -0.1) is 0 Å². The third-order valence-electron chi connectivity index (χ3n) is 3.23. The van der Waals surface area contributed by atoms with E-state index in [0.717, 1.165) is 10.9 Å². The van der Waals surface area contributed by atoms with Crippen LogP contribution < -0.4 is 15.5 Å². The van der Waals surface area contributed by atoms with Gasteiger partial charge >= 0.3 is 35.6 Å². The number of hydrogen-bond donors (Lipinski definition) is 1. The van der Waals surface area contributed by atoms with E-state index in [1.807, 2.05) is 25.1 Å². The van der Waals surface area contributed by atoms with E-state index in [4.69, 9.17) is 18.6 Å². The number of phenols is 1. The van der Waals surface area contributed by atoms with Crippen molar-refractivity contribution in [2.24, 2.45) is 0 Å². The Kier molecular flexibility index (Phi) is 8.83. The fraction of sp³-hybridized carbons (Fsp3) is 0.250. The summed E-state index contributed by atoms with van der Waals surface area (Å²) in [6.45, 7) is 4.07. The van der Waals surface area contributed by atoms with Crippen LogP contribution in [0.3, 0.4) is 0 Å². The van der Waals surface area contributed by atoms with Crippen molar-refractivity contribution in [2.75, 3.05) is 19.0 Å². The van der Waals surface area contributed by atoms with E-state index >= 15 is 0 Å². The van der Waals surface area contributed by atoms with Crippen LogP contribution in [0.25, 0.3) is 0 Å². The van der Waals surface area contributed by atoms with E-state index in [0.29, 0.717) is 14.3 Å². The standard InChI is InChI=1S/C16H20NOP.2ClH.Ti/c1-11-7-6-10-14(15(11)18)19-16-12(2)8-5-9-13(16)17(3)4;;;/h5-10,18-19H,1-4H3;2*1H;/q;;;+2/p-2. The zero-order valence-corrected chi connectivity index (χ0v) is 17.2. The molecule has 1 unspecified atom stereocenters. The van der Waals surface area contributed by atoms with E-state index in [-0.39, 0.29) is 0 Å².